The summed E-state index contributed by atoms with van der Waals surface area (Å²) >= 11 is 0. The lowest BCUT2D eigenvalue weighted by Crippen LogP contribution is -2.17. The summed E-state index contributed by atoms with van der Waals surface area (Å²) in [7, 11) is 1.77. The molecule has 0 bridgehead atoms. The van der Waals surface area contributed by atoms with Crippen molar-refractivity contribution in [2.45, 2.75) is 31.6 Å². The van der Waals surface area contributed by atoms with Crippen molar-refractivity contribution in [2.24, 2.45) is 7.05 Å². The fraction of sp³-hybridized carbons (Fsp3) is 0.214. The van der Waals surface area contributed by atoms with Crippen LogP contribution in [0.1, 0.15) is 24.1 Å². The second kappa shape index (κ2) is 9.73. The van der Waals surface area contributed by atoms with Crippen LogP contribution in [0.25, 0.3) is 39.5 Å². The van der Waals surface area contributed by atoms with Crippen molar-refractivity contribution in [1.82, 2.24) is 34.8 Å². The molecule has 5 aromatic rings. The minimum Gasteiger partial charge on any atom is -0.317 e. The van der Waals surface area contributed by atoms with Gasteiger partial charge in [-0.1, -0.05) is 18.2 Å². The smallest absolute Gasteiger partial charge is 0.317 e. The van der Waals surface area contributed by atoms with E-state index in [2.05, 4.69) is 25.6 Å². The summed E-state index contributed by atoms with van der Waals surface area (Å²) < 4.78 is 58.9. The van der Waals surface area contributed by atoms with Gasteiger partial charge in [0.25, 0.3) is 0 Å². The second-order valence-corrected chi connectivity index (χ2v) is 9.53. The Morgan fingerprint density at radius 2 is 1.85 bits per heavy atom. The maximum atomic E-state index is 14.2. The van der Waals surface area contributed by atoms with Gasteiger partial charge in [-0.25, -0.2) is 9.07 Å². The van der Waals surface area contributed by atoms with Crippen LogP contribution in [0.4, 0.5) is 17.6 Å². The SMILES string of the molecule is Cn1cnnc1-c1cc(F)ccc1-c1cccc(-n2cc(-c3nc(CNC4CC4)ccc3C(F)(F)F)cn2)c1. The summed E-state index contributed by atoms with van der Waals surface area (Å²) in [6, 6.07) is 14.6. The van der Waals surface area contributed by atoms with Crippen LogP contribution in [-0.4, -0.2) is 35.6 Å². The molecule has 0 saturated heterocycles. The molecule has 39 heavy (non-hydrogen) atoms. The lowest BCUT2D eigenvalue weighted by Gasteiger charge is -2.13. The Labute approximate surface area is 221 Å². The van der Waals surface area contributed by atoms with E-state index in [0.717, 1.165) is 30.0 Å². The number of hydrogen-bond acceptors (Lipinski definition) is 5. The molecular weight excluding hydrogens is 510 g/mol. The van der Waals surface area contributed by atoms with Crippen molar-refractivity contribution in [3.63, 3.8) is 0 Å². The third-order valence-electron chi connectivity index (χ3n) is 6.62. The predicted octanol–water partition coefficient (Wildman–Crippen LogP) is 5.81. The maximum Gasteiger partial charge on any atom is 0.418 e. The zero-order valence-corrected chi connectivity index (χ0v) is 20.8. The highest BCUT2D eigenvalue weighted by atomic mass is 19.4. The predicted molar refractivity (Wildman–Crippen MR) is 137 cm³/mol. The Morgan fingerprint density at radius 1 is 1.00 bits per heavy atom. The molecule has 0 aliphatic heterocycles. The van der Waals surface area contributed by atoms with E-state index in [1.807, 2.05) is 12.1 Å². The number of aromatic nitrogens is 6. The Kier molecular flexibility index (Phi) is 6.22. The lowest BCUT2D eigenvalue weighted by atomic mass is 9.98. The van der Waals surface area contributed by atoms with Gasteiger partial charge in [0.05, 0.1) is 28.8 Å². The zero-order valence-electron chi connectivity index (χ0n) is 20.8. The summed E-state index contributed by atoms with van der Waals surface area (Å²) in [5.74, 6) is 0.0882. The number of pyridine rings is 1. The van der Waals surface area contributed by atoms with Gasteiger partial charge in [0.1, 0.15) is 12.1 Å². The largest absolute Gasteiger partial charge is 0.418 e. The first kappa shape index (κ1) is 24.9. The molecule has 1 aliphatic rings. The van der Waals surface area contributed by atoms with E-state index in [0.29, 0.717) is 35.4 Å². The number of nitrogens with zero attached hydrogens (tertiary/aromatic N) is 6. The van der Waals surface area contributed by atoms with E-state index in [9.17, 15) is 17.6 Å². The van der Waals surface area contributed by atoms with Crippen LogP contribution in [0.15, 0.2) is 73.3 Å². The summed E-state index contributed by atoms with van der Waals surface area (Å²) in [5.41, 5.74) is 2.46. The summed E-state index contributed by atoms with van der Waals surface area (Å²) in [4.78, 5) is 4.35. The number of alkyl halides is 3. The first-order chi connectivity index (χ1) is 18.8. The average molecular weight is 534 g/mol. The fourth-order valence-corrected chi connectivity index (χ4v) is 4.47. The van der Waals surface area contributed by atoms with Gasteiger partial charge in [-0.05, 0) is 60.4 Å². The Hall–Kier alpha value is -4.38. The first-order valence-corrected chi connectivity index (χ1v) is 12.4. The molecule has 3 aromatic heterocycles. The summed E-state index contributed by atoms with van der Waals surface area (Å²) in [6.45, 7) is 0.400. The Bertz CT molecular complexity index is 1650. The van der Waals surface area contributed by atoms with E-state index in [4.69, 9.17) is 0 Å². The quantitative estimate of drug-likeness (QED) is 0.268. The zero-order chi connectivity index (χ0) is 27.1. The minimum atomic E-state index is -4.56. The first-order valence-electron chi connectivity index (χ1n) is 12.4. The third kappa shape index (κ3) is 5.17. The van der Waals surface area contributed by atoms with E-state index < -0.39 is 17.6 Å². The molecule has 1 aliphatic carbocycles. The van der Waals surface area contributed by atoms with E-state index in [-0.39, 0.29) is 11.3 Å². The maximum absolute atomic E-state index is 14.2. The molecule has 3 heterocycles. The van der Waals surface area contributed by atoms with Crippen molar-refractivity contribution in [2.75, 3.05) is 0 Å². The van der Waals surface area contributed by atoms with Gasteiger partial charge >= 0.3 is 6.18 Å². The van der Waals surface area contributed by atoms with Crippen molar-refractivity contribution >= 4 is 0 Å². The van der Waals surface area contributed by atoms with Crippen LogP contribution in [0.3, 0.4) is 0 Å². The van der Waals surface area contributed by atoms with Gasteiger partial charge in [0.15, 0.2) is 5.82 Å². The van der Waals surface area contributed by atoms with Crippen molar-refractivity contribution in [3.05, 3.63) is 90.4 Å². The summed E-state index contributed by atoms with van der Waals surface area (Å²) in [5, 5.41) is 15.6. The van der Waals surface area contributed by atoms with Gasteiger partial charge in [-0.2, -0.15) is 18.3 Å². The molecule has 198 valence electrons. The van der Waals surface area contributed by atoms with Crippen molar-refractivity contribution in [3.8, 4) is 39.5 Å². The molecule has 0 spiro atoms. The van der Waals surface area contributed by atoms with Gasteiger partial charge in [-0.15, -0.1) is 10.2 Å². The molecule has 0 amide bonds. The molecule has 2 aromatic carbocycles. The van der Waals surface area contributed by atoms with E-state index in [1.165, 1.54) is 41.6 Å². The van der Waals surface area contributed by atoms with Crippen LogP contribution >= 0.6 is 0 Å². The minimum absolute atomic E-state index is 0.164. The molecule has 11 heteroatoms. The Balaban J connectivity index is 1.37. The number of nitrogens with one attached hydrogen (secondary N) is 1. The second-order valence-electron chi connectivity index (χ2n) is 9.53. The lowest BCUT2D eigenvalue weighted by molar-refractivity contribution is -0.137. The number of hydrogen-bond donors (Lipinski definition) is 1. The average Bonchev–Trinajstić information content (AvgIpc) is 3.43. The molecule has 7 nitrogen and oxygen atoms in total. The highest BCUT2D eigenvalue weighted by Gasteiger charge is 2.35. The topological polar surface area (TPSA) is 73.5 Å². The van der Waals surface area contributed by atoms with E-state index in [1.54, 1.807) is 29.8 Å². The Morgan fingerprint density at radius 3 is 2.59 bits per heavy atom. The molecule has 0 unspecified atom stereocenters. The normalized spacial score (nSPS) is 13.7. The van der Waals surface area contributed by atoms with Gasteiger partial charge in [0.2, 0.25) is 0 Å². The van der Waals surface area contributed by atoms with Crippen LogP contribution in [0, 0.1) is 5.82 Å². The van der Waals surface area contributed by atoms with Crippen LogP contribution in [0.2, 0.25) is 0 Å². The van der Waals surface area contributed by atoms with Gasteiger partial charge in [0, 0.05) is 37.0 Å². The number of aryl methyl sites for hydroxylation is 1. The van der Waals surface area contributed by atoms with Crippen molar-refractivity contribution in [1.29, 1.82) is 0 Å². The van der Waals surface area contributed by atoms with Crippen molar-refractivity contribution < 1.29 is 17.6 Å². The molecule has 6 rings (SSSR count). The molecular formula is C28H23F4N7. The highest BCUT2D eigenvalue weighted by Crippen LogP contribution is 2.37. The summed E-state index contributed by atoms with van der Waals surface area (Å²) in [6.07, 6.45) is 2.01. The van der Waals surface area contributed by atoms with Gasteiger partial charge in [-0.3, -0.25) is 4.98 Å². The highest BCUT2D eigenvalue weighted by molar-refractivity contribution is 5.81. The fourth-order valence-electron chi connectivity index (χ4n) is 4.47. The number of halogens is 4. The molecule has 0 atom stereocenters. The van der Waals surface area contributed by atoms with Crippen LogP contribution < -0.4 is 5.32 Å². The molecule has 1 fully saturated rings. The number of benzene rings is 2. The molecule has 1 N–H and O–H groups in total. The standard InChI is InChI=1S/C28H23F4N7/c1-38-16-34-37-27(38)24-12-19(29)5-9-23(24)17-3-2-4-22(11-17)39-15-18(13-35-39)26-25(28(30,31)32)10-8-21(36-26)14-33-20-6-7-20/h2-5,8-13,15-16,20,33H,6-7,14H2,1H3. The van der Waals surface area contributed by atoms with E-state index >= 15 is 0 Å². The monoisotopic (exact) mass is 533 g/mol. The molecule has 0 radical (unpaired) electrons. The van der Waals surface area contributed by atoms with Crippen LogP contribution in [-0.2, 0) is 19.8 Å². The van der Waals surface area contributed by atoms with Crippen LogP contribution in [0.5, 0.6) is 0 Å². The van der Waals surface area contributed by atoms with Gasteiger partial charge < -0.3 is 9.88 Å². The molecule has 1 saturated carbocycles. The number of rotatable bonds is 7. The third-order valence-corrected chi connectivity index (χ3v) is 6.62.